The average Bonchev–Trinajstić information content (AvgIpc) is 3.00. The molecule has 1 aromatic carbocycles. The molecule has 0 N–H and O–H groups in total. The third-order valence-electron chi connectivity index (χ3n) is 6.50. The zero-order valence-corrected chi connectivity index (χ0v) is 17.8. The Morgan fingerprint density at radius 3 is 2.52 bits per heavy atom. The van der Waals surface area contributed by atoms with Crippen LogP contribution in [0.3, 0.4) is 0 Å². The maximum absolute atomic E-state index is 13.5. The Morgan fingerprint density at radius 1 is 1.14 bits per heavy atom. The number of rotatable bonds is 4. The fourth-order valence-electron chi connectivity index (χ4n) is 4.79. The summed E-state index contributed by atoms with van der Waals surface area (Å²) in [6.07, 6.45) is 1.86. The number of benzene rings is 1. The number of amides is 1. The van der Waals surface area contributed by atoms with E-state index in [1.807, 2.05) is 18.7 Å². The average molecular weight is 397 g/mol. The lowest BCUT2D eigenvalue weighted by molar-refractivity contribution is -0.146. The summed E-state index contributed by atoms with van der Waals surface area (Å²) in [5.74, 6) is 0.403. The van der Waals surface area contributed by atoms with E-state index in [9.17, 15) is 4.79 Å². The molecule has 0 aliphatic carbocycles. The molecule has 0 radical (unpaired) electrons. The monoisotopic (exact) mass is 396 g/mol. The van der Waals surface area contributed by atoms with E-state index in [2.05, 4.69) is 52.2 Å². The lowest BCUT2D eigenvalue weighted by Crippen LogP contribution is -2.48. The van der Waals surface area contributed by atoms with Crippen LogP contribution < -0.4 is 0 Å². The number of likely N-dealkylation sites (tertiary alicyclic amines) is 1. The molecule has 0 spiro atoms. The summed E-state index contributed by atoms with van der Waals surface area (Å²) in [4.78, 5) is 18.0. The number of hydrogen-bond donors (Lipinski definition) is 0. The van der Waals surface area contributed by atoms with Gasteiger partial charge in [-0.2, -0.15) is 5.10 Å². The normalized spacial score (nSPS) is 21.5. The molecule has 156 valence electrons. The van der Waals surface area contributed by atoms with Crippen LogP contribution in [0.5, 0.6) is 0 Å². The molecule has 2 aromatic rings. The van der Waals surface area contributed by atoms with E-state index in [0.29, 0.717) is 25.7 Å². The first-order valence-electron chi connectivity index (χ1n) is 10.7. The van der Waals surface area contributed by atoms with Crippen molar-refractivity contribution in [3.63, 3.8) is 0 Å². The van der Waals surface area contributed by atoms with Gasteiger partial charge < -0.3 is 9.64 Å². The predicted molar refractivity (Wildman–Crippen MR) is 112 cm³/mol. The van der Waals surface area contributed by atoms with E-state index in [0.717, 1.165) is 49.4 Å². The molecule has 3 heterocycles. The van der Waals surface area contributed by atoms with Crippen molar-refractivity contribution >= 4 is 5.91 Å². The summed E-state index contributed by atoms with van der Waals surface area (Å²) < 4.78 is 7.67. The standard InChI is InChI=1S/C23H32N4O2/c1-17-22(18(2)25(3)24-17)21-16-29-14-13-27(21)23(28)20-9-11-26(12-10-20)15-19-7-5-4-6-8-19/h4-8,20-21H,9-16H2,1-3H3. The highest BCUT2D eigenvalue weighted by atomic mass is 16.5. The molecule has 2 aliphatic rings. The Morgan fingerprint density at radius 2 is 1.86 bits per heavy atom. The largest absolute Gasteiger partial charge is 0.377 e. The van der Waals surface area contributed by atoms with Crippen molar-refractivity contribution < 1.29 is 9.53 Å². The smallest absolute Gasteiger partial charge is 0.226 e. The van der Waals surface area contributed by atoms with Crippen LogP contribution in [0.25, 0.3) is 0 Å². The number of ether oxygens (including phenoxy) is 1. The molecule has 1 atom stereocenters. The van der Waals surface area contributed by atoms with E-state index >= 15 is 0 Å². The minimum Gasteiger partial charge on any atom is -0.377 e. The molecule has 1 unspecified atom stereocenters. The number of carbonyl (C=O) groups is 1. The van der Waals surface area contributed by atoms with Gasteiger partial charge in [-0.1, -0.05) is 30.3 Å². The van der Waals surface area contributed by atoms with Crippen LogP contribution in [0.1, 0.15) is 41.4 Å². The first-order chi connectivity index (χ1) is 14.0. The summed E-state index contributed by atoms with van der Waals surface area (Å²) in [5.41, 5.74) is 4.61. The molecule has 2 saturated heterocycles. The predicted octanol–water partition coefficient (Wildman–Crippen LogP) is 2.85. The van der Waals surface area contributed by atoms with Gasteiger partial charge in [0.1, 0.15) is 0 Å². The fraction of sp³-hybridized carbons (Fsp3) is 0.565. The van der Waals surface area contributed by atoms with Crippen LogP contribution in [-0.2, 0) is 23.1 Å². The van der Waals surface area contributed by atoms with Gasteiger partial charge in [0.05, 0.1) is 24.9 Å². The third-order valence-corrected chi connectivity index (χ3v) is 6.50. The van der Waals surface area contributed by atoms with Crippen LogP contribution in [-0.4, -0.2) is 58.3 Å². The third kappa shape index (κ3) is 4.23. The molecular weight excluding hydrogens is 364 g/mol. The number of nitrogens with zero attached hydrogens (tertiary/aromatic N) is 4. The number of carbonyl (C=O) groups excluding carboxylic acids is 1. The Labute approximate surface area is 173 Å². The molecule has 0 bridgehead atoms. The summed E-state index contributed by atoms with van der Waals surface area (Å²) in [6.45, 7) is 8.88. The van der Waals surface area contributed by atoms with Crippen LogP contribution in [0.4, 0.5) is 0 Å². The van der Waals surface area contributed by atoms with Crippen LogP contribution in [0, 0.1) is 19.8 Å². The van der Waals surface area contributed by atoms with Crippen molar-refractivity contribution in [1.82, 2.24) is 19.6 Å². The highest BCUT2D eigenvalue weighted by Gasteiger charge is 2.36. The van der Waals surface area contributed by atoms with Gasteiger partial charge in [-0.05, 0) is 45.3 Å². The lowest BCUT2D eigenvalue weighted by Gasteiger charge is -2.40. The molecule has 6 heteroatoms. The minimum atomic E-state index is -0.0210. The molecule has 6 nitrogen and oxygen atoms in total. The number of hydrogen-bond acceptors (Lipinski definition) is 4. The quantitative estimate of drug-likeness (QED) is 0.797. The van der Waals surface area contributed by atoms with E-state index in [1.165, 1.54) is 5.56 Å². The lowest BCUT2D eigenvalue weighted by atomic mass is 9.93. The second-order valence-electron chi connectivity index (χ2n) is 8.37. The number of piperidine rings is 1. The molecule has 2 fully saturated rings. The van der Waals surface area contributed by atoms with Gasteiger partial charge in [-0.15, -0.1) is 0 Å². The second kappa shape index (κ2) is 8.67. The van der Waals surface area contributed by atoms with Crippen molar-refractivity contribution in [3.8, 4) is 0 Å². The maximum Gasteiger partial charge on any atom is 0.226 e. The maximum atomic E-state index is 13.5. The van der Waals surface area contributed by atoms with Crippen LogP contribution in [0.2, 0.25) is 0 Å². The number of aryl methyl sites for hydroxylation is 2. The van der Waals surface area contributed by atoms with Gasteiger partial charge in [-0.25, -0.2) is 0 Å². The van der Waals surface area contributed by atoms with Crippen molar-refractivity contribution in [2.24, 2.45) is 13.0 Å². The van der Waals surface area contributed by atoms with Gasteiger partial charge in [0.25, 0.3) is 0 Å². The van der Waals surface area contributed by atoms with E-state index < -0.39 is 0 Å². The minimum absolute atomic E-state index is 0.0210. The van der Waals surface area contributed by atoms with Gasteiger partial charge in [0.15, 0.2) is 0 Å². The summed E-state index contributed by atoms with van der Waals surface area (Å²) in [7, 11) is 1.96. The van der Waals surface area contributed by atoms with Gasteiger partial charge in [0, 0.05) is 37.3 Å². The number of aromatic nitrogens is 2. The zero-order chi connectivity index (χ0) is 20.4. The van der Waals surface area contributed by atoms with Crippen LogP contribution in [0.15, 0.2) is 30.3 Å². The van der Waals surface area contributed by atoms with E-state index in [1.54, 1.807) is 0 Å². The van der Waals surface area contributed by atoms with Gasteiger partial charge >= 0.3 is 0 Å². The second-order valence-corrected chi connectivity index (χ2v) is 8.37. The van der Waals surface area contributed by atoms with E-state index in [4.69, 9.17) is 4.74 Å². The van der Waals surface area contributed by atoms with Crippen molar-refractivity contribution in [2.75, 3.05) is 32.8 Å². The first-order valence-corrected chi connectivity index (χ1v) is 10.7. The summed E-state index contributed by atoms with van der Waals surface area (Å²) in [5, 5.41) is 4.56. The van der Waals surface area contributed by atoms with Crippen molar-refractivity contribution in [3.05, 3.63) is 52.8 Å². The Hall–Kier alpha value is -2.18. The van der Waals surface area contributed by atoms with Crippen molar-refractivity contribution in [1.29, 1.82) is 0 Å². The summed E-state index contributed by atoms with van der Waals surface area (Å²) >= 11 is 0. The Bertz CT molecular complexity index is 840. The molecule has 1 amide bonds. The first kappa shape index (κ1) is 20.1. The SMILES string of the molecule is Cc1nn(C)c(C)c1C1COCCN1C(=O)C1CCN(Cc2ccccc2)CC1. The van der Waals surface area contributed by atoms with Gasteiger partial charge in [-0.3, -0.25) is 14.4 Å². The Balaban J connectivity index is 1.42. The molecule has 0 saturated carbocycles. The topological polar surface area (TPSA) is 50.6 Å². The molecule has 2 aliphatic heterocycles. The number of morpholine rings is 1. The van der Waals surface area contributed by atoms with Crippen molar-refractivity contribution in [2.45, 2.75) is 39.3 Å². The van der Waals surface area contributed by atoms with E-state index in [-0.39, 0.29) is 12.0 Å². The zero-order valence-electron chi connectivity index (χ0n) is 17.8. The molecular formula is C23H32N4O2. The fourth-order valence-corrected chi connectivity index (χ4v) is 4.79. The highest BCUT2D eigenvalue weighted by molar-refractivity contribution is 5.79. The molecule has 1 aromatic heterocycles. The Kier molecular flexibility index (Phi) is 6.01. The highest BCUT2D eigenvalue weighted by Crippen LogP contribution is 2.32. The van der Waals surface area contributed by atoms with Gasteiger partial charge in [0.2, 0.25) is 5.91 Å². The molecule has 4 rings (SSSR count). The summed E-state index contributed by atoms with van der Waals surface area (Å²) in [6, 6.07) is 10.6. The van der Waals surface area contributed by atoms with Crippen LogP contribution >= 0.6 is 0 Å². The molecule has 29 heavy (non-hydrogen) atoms.